The zero-order valence-corrected chi connectivity index (χ0v) is 18.8. The molecule has 0 aliphatic heterocycles. The van der Waals surface area contributed by atoms with Crippen molar-refractivity contribution in [1.29, 1.82) is 0 Å². The van der Waals surface area contributed by atoms with Gasteiger partial charge in [0.05, 0.1) is 12.3 Å². The van der Waals surface area contributed by atoms with Gasteiger partial charge in [-0.2, -0.15) is 0 Å². The number of rotatable bonds is 7. The topological polar surface area (TPSA) is 70.1 Å². The Morgan fingerprint density at radius 3 is 2.72 bits per heavy atom. The molecule has 0 atom stereocenters. The average Bonchev–Trinajstić information content (AvgIpc) is 3.42. The van der Waals surface area contributed by atoms with Crippen molar-refractivity contribution in [3.05, 3.63) is 83.9 Å². The zero-order chi connectivity index (χ0) is 21.9. The van der Waals surface area contributed by atoms with Crippen LogP contribution in [0.3, 0.4) is 0 Å². The maximum atomic E-state index is 6.24. The Labute approximate surface area is 194 Å². The molecule has 7 nitrogen and oxygen atoms in total. The van der Waals surface area contributed by atoms with Gasteiger partial charge in [-0.15, -0.1) is 10.2 Å². The van der Waals surface area contributed by atoms with Crippen molar-refractivity contribution >= 4 is 29.1 Å². The van der Waals surface area contributed by atoms with E-state index < -0.39 is 0 Å². The summed E-state index contributed by atoms with van der Waals surface area (Å²) in [6, 6.07) is 17.4. The number of nitrogens with zero attached hydrogens (tertiary/aromatic N) is 6. The van der Waals surface area contributed by atoms with E-state index in [0.717, 1.165) is 33.7 Å². The van der Waals surface area contributed by atoms with Crippen LogP contribution in [0.1, 0.15) is 12.6 Å². The first-order valence-electron chi connectivity index (χ1n) is 10.1. The second kappa shape index (κ2) is 9.02. The molecule has 0 radical (unpaired) electrons. The van der Waals surface area contributed by atoms with Crippen LogP contribution in [0.15, 0.2) is 78.3 Å². The average molecular weight is 463 g/mol. The number of benzene rings is 2. The molecule has 3 aromatic heterocycles. The predicted molar refractivity (Wildman–Crippen MR) is 126 cm³/mol. The van der Waals surface area contributed by atoms with E-state index in [1.54, 1.807) is 18.0 Å². The van der Waals surface area contributed by atoms with Crippen LogP contribution in [-0.2, 0) is 5.75 Å². The second-order valence-corrected chi connectivity index (χ2v) is 8.31. The van der Waals surface area contributed by atoms with Crippen LogP contribution in [0.4, 0.5) is 0 Å². The quantitative estimate of drug-likeness (QED) is 0.305. The molecular weight excluding hydrogens is 444 g/mol. The van der Waals surface area contributed by atoms with Gasteiger partial charge in [0, 0.05) is 40.6 Å². The molecule has 0 aliphatic carbocycles. The summed E-state index contributed by atoms with van der Waals surface area (Å²) in [5.41, 5.74) is 2.74. The van der Waals surface area contributed by atoms with Gasteiger partial charge in [0.2, 0.25) is 5.78 Å². The largest absolute Gasteiger partial charge is 0.494 e. The van der Waals surface area contributed by atoms with Crippen LogP contribution in [0.5, 0.6) is 5.75 Å². The number of imidazole rings is 1. The highest BCUT2D eigenvalue weighted by Gasteiger charge is 2.17. The molecule has 32 heavy (non-hydrogen) atoms. The number of fused-ring (bicyclic) bond motifs is 1. The van der Waals surface area contributed by atoms with Gasteiger partial charge >= 0.3 is 0 Å². The summed E-state index contributed by atoms with van der Waals surface area (Å²) in [5.74, 6) is 2.85. The molecule has 5 rings (SSSR count). The number of ether oxygens (including phenoxy) is 1. The van der Waals surface area contributed by atoms with Gasteiger partial charge in [-0.05, 0) is 49.4 Å². The molecule has 0 bridgehead atoms. The first kappa shape index (κ1) is 20.5. The number of aromatic nitrogens is 6. The fraction of sp³-hybridized carbons (Fsp3) is 0.130. The van der Waals surface area contributed by atoms with Crippen LogP contribution in [0.2, 0.25) is 5.02 Å². The summed E-state index contributed by atoms with van der Waals surface area (Å²) in [6.45, 7) is 2.59. The van der Waals surface area contributed by atoms with Crippen molar-refractivity contribution < 1.29 is 4.74 Å². The maximum absolute atomic E-state index is 6.24. The van der Waals surface area contributed by atoms with Gasteiger partial charge in [-0.3, -0.25) is 8.97 Å². The number of hydrogen-bond acceptors (Lipinski definition) is 6. The first-order valence-corrected chi connectivity index (χ1v) is 11.4. The lowest BCUT2D eigenvalue weighted by atomic mass is 10.2. The number of hydrogen-bond donors (Lipinski definition) is 0. The van der Waals surface area contributed by atoms with Crippen molar-refractivity contribution in [2.45, 2.75) is 17.8 Å². The molecule has 0 saturated heterocycles. The lowest BCUT2D eigenvalue weighted by molar-refractivity contribution is 0.340. The van der Waals surface area contributed by atoms with E-state index in [2.05, 4.69) is 20.2 Å². The van der Waals surface area contributed by atoms with Gasteiger partial charge in [-0.1, -0.05) is 35.5 Å². The molecule has 160 valence electrons. The normalized spacial score (nSPS) is 11.2. The van der Waals surface area contributed by atoms with E-state index in [1.807, 2.05) is 82.9 Å². The molecule has 2 aromatic carbocycles. The third-order valence-electron chi connectivity index (χ3n) is 4.76. The van der Waals surface area contributed by atoms with Crippen molar-refractivity contribution in [2.24, 2.45) is 0 Å². The monoisotopic (exact) mass is 462 g/mol. The molecule has 3 heterocycles. The fourth-order valence-corrected chi connectivity index (χ4v) is 4.38. The molecule has 0 saturated carbocycles. The molecule has 0 amide bonds. The van der Waals surface area contributed by atoms with Gasteiger partial charge in [0.25, 0.3) is 0 Å². The molecule has 5 aromatic rings. The summed E-state index contributed by atoms with van der Waals surface area (Å²) < 4.78 is 9.53. The summed E-state index contributed by atoms with van der Waals surface area (Å²) >= 11 is 7.81. The van der Waals surface area contributed by atoms with E-state index in [1.165, 1.54) is 0 Å². The molecule has 0 fully saturated rings. The molecule has 9 heteroatoms. The van der Waals surface area contributed by atoms with Crippen LogP contribution in [0.25, 0.3) is 22.9 Å². The maximum Gasteiger partial charge on any atom is 0.233 e. The highest BCUT2D eigenvalue weighted by atomic mass is 35.5. The van der Waals surface area contributed by atoms with Gasteiger partial charge < -0.3 is 4.74 Å². The minimum atomic E-state index is 0.620. The number of halogens is 1. The van der Waals surface area contributed by atoms with Crippen molar-refractivity contribution in [3.63, 3.8) is 0 Å². The Morgan fingerprint density at radius 1 is 1.06 bits per heavy atom. The summed E-state index contributed by atoms with van der Waals surface area (Å²) in [6.07, 6.45) is 5.65. The van der Waals surface area contributed by atoms with Gasteiger partial charge in [-0.25, -0.2) is 9.97 Å². The minimum Gasteiger partial charge on any atom is -0.494 e. The van der Waals surface area contributed by atoms with Gasteiger partial charge in [0.15, 0.2) is 11.0 Å². The fourth-order valence-electron chi connectivity index (χ4n) is 3.36. The summed E-state index contributed by atoms with van der Waals surface area (Å²) in [4.78, 5) is 8.86. The lowest BCUT2D eigenvalue weighted by Crippen LogP contribution is -2.00. The van der Waals surface area contributed by atoms with Crippen molar-refractivity contribution in [2.75, 3.05) is 6.61 Å². The Hall–Kier alpha value is -3.36. The Morgan fingerprint density at radius 2 is 1.94 bits per heavy atom. The van der Waals surface area contributed by atoms with E-state index in [9.17, 15) is 0 Å². The molecule has 0 N–H and O–H groups in total. The van der Waals surface area contributed by atoms with Crippen molar-refractivity contribution in [1.82, 2.24) is 29.1 Å². The molecule has 0 aliphatic rings. The van der Waals surface area contributed by atoms with Crippen LogP contribution in [-0.4, -0.2) is 35.7 Å². The Balaban J connectivity index is 1.51. The van der Waals surface area contributed by atoms with E-state index in [-0.39, 0.29) is 0 Å². The van der Waals surface area contributed by atoms with Crippen LogP contribution < -0.4 is 4.74 Å². The van der Waals surface area contributed by atoms with Gasteiger partial charge in [0.1, 0.15) is 5.75 Å². The Bertz CT molecular complexity index is 1330. The second-order valence-electron chi connectivity index (χ2n) is 6.93. The molecule has 0 unspecified atom stereocenters. The van der Waals surface area contributed by atoms with Crippen molar-refractivity contribution in [3.8, 4) is 22.8 Å². The predicted octanol–water partition coefficient (Wildman–Crippen LogP) is 5.32. The molecule has 0 spiro atoms. The van der Waals surface area contributed by atoms with Crippen LogP contribution >= 0.6 is 23.4 Å². The smallest absolute Gasteiger partial charge is 0.233 e. The minimum absolute atomic E-state index is 0.620. The zero-order valence-electron chi connectivity index (χ0n) is 17.2. The van der Waals surface area contributed by atoms with E-state index >= 15 is 0 Å². The summed E-state index contributed by atoms with van der Waals surface area (Å²) in [5, 5.41) is 10.4. The Kier molecular flexibility index (Phi) is 5.79. The highest BCUT2D eigenvalue weighted by molar-refractivity contribution is 7.98. The summed E-state index contributed by atoms with van der Waals surface area (Å²) in [7, 11) is 0. The third-order valence-corrected chi connectivity index (χ3v) is 5.95. The molecular formula is C23H19ClN6OS. The van der Waals surface area contributed by atoms with E-state index in [0.29, 0.717) is 23.2 Å². The number of thioether (sulfide) groups is 1. The SMILES string of the molecule is CCOc1ccc(-n2c(SCc3cn4cccnc4n3)nnc2-c2cccc(Cl)c2)cc1. The highest BCUT2D eigenvalue weighted by Crippen LogP contribution is 2.31. The van der Waals surface area contributed by atoms with E-state index in [4.69, 9.17) is 16.3 Å². The van der Waals surface area contributed by atoms with Crippen LogP contribution in [0, 0.1) is 0 Å². The first-order chi connectivity index (χ1) is 15.7. The third kappa shape index (κ3) is 4.19. The standard InChI is InChI=1S/C23H19ClN6OS/c1-2-31-20-9-7-19(8-10-20)30-21(16-5-3-6-17(24)13-16)27-28-23(30)32-15-18-14-29-12-4-11-25-22(29)26-18/h3-14H,2,15H2,1H3. The lowest BCUT2D eigenvalue weighted by Gasteiger charge is -2.11.